The van der Waals surface area contributed by atoms with Gasteiger partial charge in [0.2, 0.25) is 5.91 Å². The van der Waals surface area contributed by atoms with E-state index in [0.29, 0.717) is 11.3 Å². The van der Waals surface area contributed by atoms with Crippen molar-refractivity contribution in [3.63, 3.8) is 0 Å². The molecule has 9 heteroatoms. The van der Waals surface area contributed by atoms with Crippen LogP contribution in [0.3, 0.4) is 0 Å². The summed E-state index contributed by atoms with van der Waals surface area (Å²) < 4.78 is 11.7. The van der Waals surface area contributed by atoms with Crippen molar-refractivity contribution >= 4 is 28.9 Å². The molecule has 0 saturated carbocycles. The summed E-state index contributed by atoms with van der Waals surface area (Å²) in [6.07, 6.45) is 2.15. The highest BCUT2D eigenvalue weighted by molar-refractivity contribution is 6.00. The van der Waals surface area contributed by atoms with E-state index in [2.05, 4.69) is 15.6 Å². The summed E-state index contributed by atoms with van der Waals surface area (Å²) in [5, 5.41) is 11.8. The van der Waals surface area contributed by atoms with Gasteiger partial charge in [0.1, 0.15) is 18.8 Å². The Bertz CT molecular complexity index is 1010. The third kappa shape index (κ3) is 4.50. The molecule has 1 amide bonds. The standard InChI is InChI=1S/C19H18N4O5/c1-2-27-19(26)9-20-17(25)10-23-11-18(21-22-23)28-16-8-7-13-5-3-4-6-14(13)15(16)12-24/h3-8,11-12H,2,9-10H2,1H3,(H,20,25). The second kappa shape index (κ2) is 8.76. The van der Waals surface area contributed by atoms with Gasteiger partial charge in [-0.05, 0) is 23.8 Å². The third-order valence-electron chi connectivity index (χ3n) is 3.82. The van der Waals surface area contributed by atoms with Crippen molar-refractivity contribution in [2.75, 3.05) is 13.2 Å². The number of rotatable bonds is 8. The fourth-order valence-electron chi connectivity index (χ4n) is 2.59. The maximum Gasteiger partial charge on any atom is 0.325 e. The number of ether oxygens (including phenoxy) is 2. The number of nitrogens with one attached hydrogen (secondary N) is 1. The van der Waals surface area contributed by atoms with Crippen LogP contribution in [0.5, 0.6) is 11.6 Å². The molecule has 1 aromatic heterocycles. The van der Waals surface area contributed by atoms with E-state index in [4.69, 9.17) is 9.47 Å². The summed E-state index contributed by atoms with van der Waals surface area (Å²) in [6, 6.07) is 11.0. The predicted octanol–water partition coefficient (Wildman–Crippen LogP) is 1.72. The first-order valence-electron chi connectivity index (χ1n) is 8.58. The van der Waals surface area contributed by atoms with Crippen LogP contribution >= 0.6 is 0 Å². The molecule has 0 unspecified atom stereocenters. The normalized spacial score (nSPS) is 10.5. The average Bonchev–Trinajstić information content (AvgIpc) is 3.13. The van der Waals surface area contributed by atoms with Gasteiger partial charge in [-0.2, -0.15) is 0 Å². The number of nitrogens with zero attached hydrogens (tertiary/aromatic N) is 3. The van der Waals surface area contributed by atoms with Gasteiger partial charge < -0.3 is 14.8 Å². The lowest BCUT2D eigenvalue weighted by Crippen LogP contribution is -2.33. The number of carbonyl (C=O) groups is 3. The maximum atomic E-state index is 11.8. The number of benzene rings is 2. The second-order valence-electron chi connectivity index (χ2n) is 5.75. The molecule has 0 aliphatic heterocycles. The van der Waals surface area contributed by atoms with Gasteiger partial charge in [0.15, 0.2) is 6.29 Å². The fourth-order valence-corrected chi connectivity index (χ4v) is 2.59. The van der Waals surface area contributed by atoms with E-state index in [1.54, 1.807) is 13.0 Å². The molecule has 0 aliphatic carbocycles. The minimum absolute atomic E-state index is 0.136. The SMILES string of the molecule is CCOC(=O)CNC(=O)Cn1cc(Oc2ccc3ccccc3c2C=O)nn1. The smallest absolute Gasteiger partial charge is 0.325 e. The van der Waals surface area contributed by atoms with E-state index in [1.165, 1.54) is 10.9 Å². The fraction of sp³-hybridized carbons (Fsp3) is 0.211. The van der Waals surface area contributed by atoms with Gasteiger partial charge in [0, 0.05) is 0 Å². The number of amides is 1. The van der Waals surface area contributed by atoms with E-state index in [9.17, 15) is 14.4 Å². The van der Waals surface area contributed by atoms with Crippen LogP contribution < -0.4 is 10.1 Å². The monoisotopic (exact) mass is 382 g/mol. The minimum atomic E-state index is -0.517. The van der Waals surface area contributed by atoms with Crippen molar-refractivity contribution in [2.24, 2.45) is 0 Å². The molecule has 28 heavy (non-hydrogen) atoms. The van der Waals surface area contributed by atoms with Crippen molar-refractivity contribution in [3.05, 3.63) is 48.2 Å². The zero-order valence-electron chi connectivity index (χ0n) is 15.1. The Morgan fingerprint density at radius 3 is 2.82 bits per heavy atom. The summed E-state index contributed by atoms with van der Waals surface area (Å²) in [5.74, 6) is -0.468. The summed E-state index contributed by atoms with van der Waals surface area (Å²) in [6.45, 7) is 1.57. The van der Waals surface area contributed by atoms with Crippen molar-refractivity contribution in [1.82, 2.24) is 20.3 Å². The quantitative estimate of drug-likeness (QED) is 0.466. The first-order valence-corrected chi connectivity index (χ1v) is 8.58. The van der Waals surface area contributed by atoms with Crippen molar-refractivity contribution in [1.29, 1.82) is 0 Å². The number of hydrogen-bond acceptors (Lipinski definition) is 7. The summed E-state index contributed by atoms with van der Waals surface area (Å²) >= 11 is 0. The van der Waals surface area contributed by atoms with Crippen LogP contribution in [0.15, 0.2) is 42.6 Å². The lowest BCUT2D eigenvalue weighted by atomic mass is 10.0. The summed E-state index contributed by atoms with van der Waals surface area (Å²) in [5.41, 5.74) is 0.403. The number of aldehydes is 1. The van der Waals surface area contributed by atoms with Crippen LogP contribution in [-0.4, -0.2) is 46.3 Å². The van der Waals surface area contributed by atoms with Gasteiger partial charge >= 0.3 is 5.97 Å². The Kier molecular flexibility index (Phi) is 5.95. The number of carbonyl (C=O) groups excluding carboxylic acids is 3. The van der Waals surface area contributed by atoms with Crippen LogP contribution in [0.4, 0.5) is 0 Å². The van der Waals surface area contributed by atoms with E-state index < -0.39 is 11.9 Å². The van der Waals surface area contributed by atoms with Gasteiger partial charge in [-0.15, -0.1) is 0 Å². The van der Waals surface area contributed by atoms with Gasteiger partial charge in [0.25, 0.3) is 5.88 Å². The lowest BCUT2D eigenvalue weighted by molar-refractivity contribution is -0.143. The van der Waals surface area contributed by atoms with E-state index >= 15 is 0 Å². The van der Waals surface area contributed by atoms with Gasteiger partial charge in [-0.1, -0.05) is 40.6 Å². The van der Waals surface area contributed by atoms with Gasteiger partial charge in [0.05, 0.1) is 18.4 Å². The Balaban J connectivity index is 1.66. The molecule has 1 heterocycles. The minimum Gasteiger partial charge on any atom is -0.465 e. The first-order chi connectivity index (χ1) is 13.6. The first kappa shape index (κ1) is 19.0. The molecule has 0 spiro atoms. The lowest BCUT2D eigenvalue weighted by Gasteiger charge is -2.08. The molecule has 3 rings (SSSR count). The second-order valence-corrected chi connectivity index (χ2v) is 5.75. The molecular weight excluding hydrogens is 364 g/mol. The number of esters is 1. The van der Waals surface area contributed by atoms with Gasteiger partial charge in [-0.25, -0.2) is 4.68 Å². The molecule has 0 radical (unpaired) electrons. The van der Waals surface area contributed by atoms with E-state index in [1.807, 2.05) is 30.3 Å². The maximum absolute atomic E-state index is 11.8. The molecule has 2 aromatic carbocycles. The van der Waals surface area contributed by atoms with Crippen LogP contribution in [0, 0.1) is 0 Å². The molecule has 144 valence electrons. The molecule has 0 aliphatic rings. The topological polar surface area (TPSA) is 112 Å². The molecule has 0 atom stereocenters. The van der Waals surface area contributed by atoms with Crippen LogP contribution in [0.2, 0.25) is 0 Å². The molecule has 3 aromatic rings. The molecule has 9 nitrogen and oxygen atoms in total. The number of aromatic nitrogens is 3. The summed E-state index contributed by atoms with van der Waals surface area (Å²) in [7, 11) is 0. The molecule has 1 N–H and O–H groups in total. The Hall–Kier alpha value is -3.75. The summed E-state index contributed by atoms with van der Waals surface area (Å²) in [4.78, 5) is 34.6. The van der Waals surface area contributed by atoms with Crippen molar-refractivity contribution in [2.45, 2.75) is 13.5 Å². The zero-order chi connectivity index (χ0) is 19.9. The van der Waals surface area contributed by atoms with E-state index in [0.717, 1.165) is 17.1 Å². The van der Waals surface area contributed by atoms with Crippen LogP contribution in [0.25, 0.3) is 10.8 Å². The van der Waals surface area contributed by atoms with Crippen molar-refractivity contribution < 1.29 is 23.9 Å². The largest absolute Gasteiger partial charge is 0.465 e. The molecule has 0 saturated heterocycles. The Morgan fingerprint density at radius 2 is 2.04 bits per heavy atom. The Morgan fingerprint density at radius 1 is 1.21 bits per heavy atom. The highest BCUT2D eigenvalue weighted by Crippen LogP contribution is 2.29. The highest BCUT2D eigenvalue weighted by Gasteiger charge is 2.13. The van der Waals surface area contributed by atoms with Crippen LogP contribution in [-0.2, 0) is 20.9 Å². The average molecular weight is 382 g/mol. The van der Waals surface area contributed by atoms with Crippen molar-refractivity contribution in [3.8, 4) is 11.6 Å². The molecular formula is C19H18N4O5. The van der Waals surface area contributed by atoms with Crippen LogP contribution in [0.1, 0.15) is 17.3 Å². The Labute approximate surface area is 160 Å². The number of fused-ring (bicyclic) bond motifs is 1. The third-order valence-corrected chi connectivity index (χ3v) is 3.82. The highest BCUT2D eigenvalue weighted by atomic mass is 16.5. The van der Waals surface area contributed by atoms with E-state index in [-0.39, 0.29) is 25.6 Å². The van der Waals surface area contributed by atoms with Gasteiger partial charge in [-0.3, -0.25) is 14.4 Å². The predicted molar refractivity (Wildman–Crippen MR) is 99.1 cm³/mol. The zero-order valence-corrected chi connectivity index (χ0v) is 15.1. The number of hydrogen-bond donors (Lipinski definition) is 1. The molecule has 0 bridgehead atoms. The molecule has 0 fully saturated rings.